The largest absolute Gasteiger partial charge is 0.378 e. The third-order valence-electron chi connectivity index (χ3n) is 4.21. The molecule has 1 amide bonds. The third kappa shape index (κ3) is 2.83. The van der Waals surface area contributed by atoms with Crippen molar-refractivity contribution in [3.8, 4) is 0 Å². The zero-order valence-electron chi connectivity index (χ0n) is 12.5. The van der Waals surface area contributed by atoms with Crippen LogP contribution < -0.4 is 0 Å². The van der Waals surface area contributed by atoms with E-state index in [-0.39, 0.29) is 5.91 Å². The number of benzene rings is 1. The Bertz CT molecular complexity index is 637. The van der Waals surface area contributed by atoms with Gasteiger partial charge in [-0.25, -0.2) is 0 Å². The molecule has 1 aliphatic heterocycles. The Labute approximate surface area is 129 Å². The maximum atomic E-state index is 12.8. The van der Waals surface area contributed by atoms with Gasteiger partial charge >= 0.3 is 0 Å². The first-order valence-corrected chi connectivity index (χ1v) is 8.45. The first-order valence-electron chi connectivity index (χ1n) is 7.57. The second kappa shape index (κ2) is 6.16. The Morgan fingerprint density at radius 2 is 2.24 bits per heavy atom. The third-order valence-corrected chi connectivity index (χ3v) is 5.17. The fraction of sp³-hybridized carbons (Fsp3) is 0.471. The molecule has 2 atom stereocenters. The Morgan fingerprint density at radius 3 is 3.00 bits per heavy atom. The van der Waals surface area contributed by atoms with Gasteiger partial charge in [-0.1, -0.05) is 25.1 Å². The van der Waals surface area contributed by atoms with Gasteiger partial charge in [0.1, 0.15) is 0 Å². The number of piperidine rings is 1. The number of ether oxygens (including phenoxy) is 1. The number of hydrogen-bond donors (Lipinski definition) is 0. The van der Waals surface area contributed by atoms with Crippen LogP contribution in [0.25, 0.3) is 10.1 Å². The van der Waals surface area contributed by atoms with Gasteiger partial charge in [0.15, 0.2) is 0 Å². The molecule has 1 fully saturated rings. The molecule has 2 heterocycles. The molecule has 2 aromatic rings. The maximum Gasteiger partial charge on any atom is 0.255 e. The van der Waals surface area contributed by atoms with Gasteiger partial charge in [0, 0.05) is 35.2 Å². The molecule has 1 saturated heterocycles. The number of likely N-dealkylation sites (tertiary alicyclic amines) is 1. The Hall–Kier alpha value is -1.39. The summed E-state index contributed by atoms with van der Waals surface area (Å²) in [5.41, 5.74) is 0.845. The molecule has 0 bridgehead atoms. The normalized spacial score (nSPS) is 22.7. The van der Waals surface area contributed by atoms with Crippen molar-refractivity contribution in [3.05, 3.63) is 35.2 Å². The summed E-state index contributed by atoms with van der Waals surface area (Å²) in [4.78, 5) is 14.8. The number of amides is 1. The van der Waals surface area contributed by atoms with E-state index in [1.165, 1.54) is 4.70 Å². The second-order valence-electron chi connectivity index (χ2n) is 5.66. The summed E-state index contributed by atoms with van der Waals surface area (Å²) in [5, 5.41) is 3.07. The number of carbonyl (C=O) groups excluding carboxylic acids is 1. The molecule has 0 radical (unpaired) electrons. The van der Waals surface area contributed by atoms with Crippen molar-refractivity contribution in [2.45, 2.75) is 26.4 Å². The predicted octanol–water partition coefficient (Wildman–Crippen LogP) is 3.79. The van der Waals surface area contributed by atoms with E-state index in [1.54, 1.807) is 11.3 Å². The number of rotatable bonds is 3. The molecule has 21 heavy (non-hydrogen) atoms. The lowest BCUT2D eigenvalue weighted by Crippen LogP contribution is -2.45. The molecule has 0 unspecified atom stereocenters. The Balaban J connectivity index is 1.77. The van der Waals surface area contributed by atoms with Crippen molar-refractivity contribution in [1.29, 1.82) is 0 Å². The molecule has 4 heteroatoms. The zero-order valence-corrected chi connectivity index (χ0v) is 13.4. The highest BCUT2D eigenvalue weighted by Crippen LogP contribution is 2.28. The molecule has 0 spiro atoms. The van der Waals surface area contributed by atoms with Gasteiger partial charge in [-0.3, -0.25) is 4.79 Å². The van der Waals surface area contributed by atoms with Crippen molar-refractivity contribution in [2.75, 3.05) is 19.7 Å². The monoisotopic (exact) mass is 303 g/mol. The second-order valence-corrected chi connectivity index (χ2v) is 6.57. The van der Waals surface area contributed by atoms with Gasteiger partial charge in [0.2, 0.25) is 0 Å². The number of fused-ring (bicyclic) bond motifs is 1. The lowest BCUT2D eigenvalue weighted by Gasteiger charge is -2.36. The summed E-state index contributed by atoms with van der Waals surface area (Å²) < 4.78 is 6.93. The molecule has 1 aliphatic rings. The zero-order chi connectivity index (χ0) is 14.8. The lowest BCUT2D eigenvalue weighted by atomic mass is 9.96. The minimum Gasteiger partial charge on any atom is -0.378 e. The summed E-state index contributed by atoms with van der Waals surface area (Å²) in [6.45, 7) is 6.52. The minimum atomic E-state index is 0.161. The average molecular weight is 303 g/mol. The van der Waals surface area contributed by atoms with Crippen molar-refractivity contribution in [3.63, 3.8) is 0 Å². The van der Waals surface area contributed by atoms with Crippen LogP contribution in [0.2, 0.25) is 0 Å². The maximum absolute atomic E-state index is 12.8. The van der Waals surface area contributed by atoms with Gasteiger partial charge < -0.3 is 9.64 Å². The Morgan fingerprint density at radius 1 is 1.43 bits per heavy atom. The van der Waals surface area contributed by atoms with Gasteiger partial charge in [-0.2, -0.15) is 0 Å². The highest BCUT2D eigenvalue weighted by atomic mass is 32.1. The van der Waals surface area contributed by atoms with E-state index in [0.717, 1.165) is 37.1 Å². The van der Waals surface area contributed by atoms with Crippen LogP contribution in [0.3, 0.4) is 0 Å². The SMILES string of the molecule is CCO[C@H]1CCN(C(=O)c2csc3ccccc23)C[C@H]1C. The van der Waals surface area contributed by atoms with E-state index in [0.29, 0.717) is 12.0 Å². The highest BCUT2D eigenvalue weighted by Gasteiger charge is 2.30. The summed E-state index contributed by atoms with van der Waals surface area (Å²) in [7, 11) is 0. The van der Waals surface area contributed by atoms with Crippen LogP contribution in [0, 0.1) is 5.92 Å². The van der Waals surface area contributed by atoms with Crippen LogP contribution in [-0.4, -0.2) is 36.6 Å². The van der Waals surface area contributed by atoms with Crippen LogP contribution in [0.4, 0.5) is 0 Å². The number of nitrogens with zero attached hydrogens (tertiary/aromatic N) is 1. The molecule has 0 saturated carbocycles. The van der Waals surface area contributed by atoms with Crippen LogP contribution in [-0.2, 0) is 4.74 Å². The Kier molecular flexibility index (Phi) is 4.27. The van der Waals surface area contributed by atoms with E-state index in [1.807, 2.05) is 35.4 Å². The van der Waals surface area contributed by atoms with Gasteiger partial charge in [-0.05, 0) is 25.3 Å². The summed E-state index contributed by atoms with van der Waals surface area (Å²) in [6, 6.07) is 8.12. The quantitative estimate of drug-likeness (QED) is 0.863. The van der Waals surface area contributed by atoms with E-state index in [9.17, 15) is 4.79 Å². The molecular formula is C17H21NO2S. The molecule has 112 valence electrons. The van der Waals surface area contributed by atoms with E-state index < -0.39 is 0 Å². The standard InChI is InChI=1S/C17H21NO2S/c1-3-20-15-8-9-18(10-12(15)2)17(19)14-11-21-16-7-5-4-6-13(14)16/h4-7,11-12,15H,3,8-10H2,1-2H3/t12-,15+/m1/s1. The first kappa shape index (κ1) is 14.5. The topological polar surface area (TPSA) is 29.5 Å². The molecule has 0 aliphatic carbocycles. The number of thiophene rings is 1. The van der Waals surface area contributed by atoms with Gasteiger partial charge in [-0.15, -0.1) is 11.3 Å². The van der Waals surface area contributed by atoms with Crippen LogP contribution >= 0.6 is 11.3 Å². The van der Waals surface area contributed by atoms with E-state index in [2.05, 4.69) is 13.0 Å². The molecule has 0 N–H and O–H groups in total. The molecular weight excluding hydrogens is 282 g/mol. The number of hydrogen-bond acceptors (Lipinski definition) is 3. The van der Waals surface area contributed by atoms with Crippen LogP contribution in [0.5, 0.6) is 0 Å². The average Bonchev–Trinajstić information content (AvgIpc) is 2.93. The van der Waals surface area contributed by atoms with Crippen LogP contribution in [0.15, 0.2) is 29.6 Å². The smallest absolute Gasteiger partial charge is 0.255 e. The lowest BCUT2D eigenvalue weighted by molar-refractivity contribution is -0.0178. The van der Waals surface area contributed by atoms with E-state index in [4.69, 9.17) is 4.74 Å². The summed E-state index contributed by atoms with van der Waals surface area (Å²) in [6.07, 6.45) is 1.22. The molecule has 1 aromatic heterocycles. The van der Waals surface area contributed by atoms with Crippen molar-refractivity contribution in [2.24, 2.45) is 5.92 Å². The van der Waals surface area contributed by atoms with Crippen LogP contribution in [0.1, 0.15) is 30.6 Å². The van der Waals surface area contributed by atoms with Gasteiger partial charge in [0.25, 0.3) is 5.91 Å². The molecule has 3 rings (SSSR count). The minimum absolute atomic E-state index is 0.161. The van der Waals surface area contributed by atoms with Crippen molar-refractivity contribution < 1.29 is 9.53 Å². The van der Waals surface area contributed by atoms with E-state index >= 15 is 0 Å². The number of carbonyl (C=O) groups is 1. The van der Waals surface area contributed by atoms with Crippen molar-refractivity contribution in [1.82, 2.24) is 4.90 Å². The summed E-state index contributed by atoms with van der Waals surface area (Å²) in [5.74, 6) is 0.557. The first-order chi connectivity index (χ1) is 10.2. The van der Waals surface area contributed by atoms with Crippen molar-refractivity contribution >= 4 is 27.3 Å². The van der Waals surface area contributed by atoms with Gasteiger partial charge in [0.05, 0.1) is 11.7 Å². The molecule has 1 aromatic carbocycles. The predicted molar refractivity (Wildman–Crippen MR) is 86.9 cm³/mol. The fourth-order valence-electron chi connectivity index (χ4n) is 3.08. The highest BCUT2D eigenvalue weighted by molar-refractivity contribution is 7.17. The summed E-state index contributed by atoms with van der Waals surface area (Å²) >= 11 is 1.64. The molecule has 3 nitrogen and oxygen atoms in total. The fourth-order valence-corrected chi connectivity index (χ4v) is 4.02.